The molecule has 0 saturated heterocycles. The number of hydrogen-bond donors (Lipinski definition) is 1. The van der Waals surface area contributed by atoms with Crippen molar-refractivity contribution in [3.05, 3.63) is 35.4 Å². The van der Waals surface area contributed by atoms with E-state index in [4.69, 9.17) is 0 Å². The third-order valence-electron chi connectivity index (χ3n) is 4.92. The molecule has 0 saturated carbocycles. The Morgan fingerprint density at radius 2 is 1.71 bits per heavy atom. The van der Waals surface area contributed by atoms with Crippen LogP contribution < -0.4 is 5.32 Å². The van der Waals surface area contributed by atoms with Crippen molar-refractivity contribution in [3.8, 4) is 0 Å². The van der Waals surface area contributed by atoms with E-state index in [2.05, 4.69) is 69.3 Å². The van der Waals surface area contributed by atoms with Crippen LogP contribution in [0.1, 0.15) is 38.3 Å². The predicted octanol–water partition coefficient (Wildman–Crippen LogP) is 3.16. The minimum absolute atomic E-state index is 0.0560. The molecule has 0 aliphatic carbocycles. The highest BCUT2D eigenvalue weighted by atomic mass is 16.2. The Morgan fingerprint density at radius 1 is 1.17 bits per heavy atom. The molecular formula is C20H33N3O. The van der Waals surface area contributed by atoms with Crippen LogP contribution in [0.5, 0.6) is 0 Å². The zero-order chi connectivity index (χ0) is 17.7. The maximum absolute atomic E-state index is 12.8. The molecule has 1 heterocycles. The minimum Gasteiger partial charge on any atom is -0.335 e. The first-order valence-corrected chi connectivity index (χ1v) is 9.04. The third-order valence-corrected chi connectivity index (χ3v) is 4.92. The van der Waals surface area contributed by atoms with Crippen molar-refractivity contribution < 1.29 is 4.79 Å². The fraction of sp³-hybridized carbons (Fsp3) is 0.650. The van der Waals surface area contributed by atoms with Crippen LogP contribution in [-0.4, -0.2) is 55.6 Å². The molecule has 0 fully saturated rings. The number of carbonyl (C=O) groups is 1. The van der Waals surface area contributed by atoms with Crippen molar-refractivity contribution in [3.63, 3.8) is 0 Å². The van der Waals surface area contributed by atoms with Gasteiger partial charge >= 0.3 is 6.03 Å². The number of rotatable bonds is 4. The first kappa shape index (κ1) is 18.8. The monoisotopic (exact) mass is 331 g/mol. The lowest BCUT2D eigenvalue weighted by molar-refractivity contribution is 0.175. The molecule has 0 spiro atoms. The van der Waals surface area contributed by atoms with E-state index in [9.17, 15) is 4.79 Å². The van der Waals surface area contributed by atoms with Gasteiger partial charge in [-0.2, -0.15) is 0 Å². The van der Waals surface area contributed by atoms with Gasteiger partial charge < -0.3 is 15.1 Å². The second-order valence-corrected chi connectivity index (χ2v) is 8.22. The number of amides is 2. The molecule has 1 N–H and O–H groups in total. The summed E-state index contributed by atoms with van der Waals surface area (Å²) in [6.45, 7) is 9.18. The largest absolute Gasteiger partial charge is 0.335 e. The normalized spacial score (nSPS) is 16.5. The lowest BCUT2D eigenvalue weighted by atomic mass is 9.84. The molecule has 1 atom stereocenters. The molecule has 1 aromatic carbocycles. The molecule has 2 rings (SSSR count). The van der Waals surface area contributed by atoms with E-state index in [0.29, 0.717) is 0 Å². The predicted molar refractivity (Wildman–Crippen MR) is 100 cm³/mol. The van der Waals surface area contributed by atoms with Crippen LogP contribution in [0.4, 0.5) is 4.79 Å². The molecule has 1 aliphatic heterocycles. The number of fused-ring (bicyclic) bond motifs is 1. The number of nitrogens with one attached hydrogen (secondary N) is 1. The minimum atomic E-state index is 0.0560. The van der Waals surface area contributed by atoms with Gasteiger partial charge in [0.2, 0.25) is 0 Å². The lowest BCUT2D eigenvalue weighted by Gasteiger charge is -2.34. The number of hydrogen-bond acceptors (Lipinski definition) is 2. The van der Waals surface area contributed by atoms with Crippen LogP contribution in [-0.2, 0) is 12.8 Å². The van der Waals surface area contributed by atoms with Gasteiger partial charge in [-0.25, -0.2) is 4.79 Å². The Labute approximate surface area is 147 Å². The summed E-state index contributed by atoms with van der Waals surface area (Å²) in [4.78, 5) is 17.0. The van der Waals surface area contributed by atoms with Crippen LogP contribution in [0, 0.1) is 5.41 Å². The zero-order valence-electron chi connectivity index (χ0n) is 15.9. The van der Waals surface area contributed by atoms with Crippen molar-refractivity contribution in [2.45, 2.75) is 46.1 Å². The van der Waals surface area contributed by atoms with Gasteiger partial charge in [-0.05, 0) is 56.4 Å². The Hall–Kier alpha value is -1.55. The van der Waals surface area contributed by atoms with E-state index in [1.165, 1.54) is 11.1 Å². The average Bonchev–Trinajstić information content (AvgIpc) is 2.72. The molecule has 134 valence electrons. The summed E-state index contributed by atoms with van der Waals surface area (Å²) in [5, 5.41) is 3.30. The maximum Gasteiger partial charge on any atom is 0.317 e. The lowest BCUT2D eigenvalue weighted by Crippen LogP contribution is -2.51. The topological polar surface area (TPSA) is 35.6 Å². The molecule has 0 bridgehead atoms. The van der Waals surface area contributed by atoms with E-state index in [-0.39, 0.29) is 17.5 Å². The van der Waals surface area contributed by atoms with E-state index in [0.717, 1.165) is 38.9 Å². The van der Waals surface area contributed by atoms with Gasteiger partial charge in [0.25, 0.3) is 0 Å². The van der Waals surface area contributed by atoms with E-state index < -0.39 is 0 Å². The van der Waals surface area contributed by atoms with Crippen molar-refractivity contribution in [2.75, 3.05) is 33.7 Å². The van der Waals surface area contributed by atoms with Crippen molar-refractivity contribution in [1.82, 2.24) is 15.1 Å². The summed E-state index contributed by atoms with van der Waals surface area (Å²) in [5.41, 5.74) is 2.82. The Kier molecular flexibility index (Phi) is 6.27. The number of nitrogens with zero attached hydrogens (tertiary/aromatic N) is 2. The molecule has 4 heteroatoms. The van der Waals surface area contributed by atoms with Gasteiger partial charge in [-0.15, -0.1) is 0 Å². The number of benzene rings is 1. The van der Waals surface area contributed by atoms with E-state index >= 15 is 0 Å². The average molecular weight is 332 g/mol. The van der Waals surface area contributed by atoms with Gasteiger partial charge in [-0.3, -0.25) is 0 Å². The molecule has 1 aliphatic rings. The fourth-order valence-corrected chi connectivity index (χ4v) is 3.22. The highest BCUT2D eigenvalue weighted by molar-refractivity contribution is 5.74. The Balaban J connectivity index is 1.97. The van der Waals surface area contributed by atoms with Gasteiger partial charge in [0.05, 0.1) is 0 Å². The van der Waals surface area contributed by atoms with E-state index in [1.54, 1.807) is 0 Å². The maximum atomic E-state index is 12.8. The second kappa shape index (κ2) is 8.02. The van der Waals surface area contributed by atoms with Crippen molar-refractivity contribution in [2.24, 2.45) is 5.41 Å². The summed E-state index contributed by atoms with van der Waals surface area (Å²) in [6.07, 6.45) is 2.86. The Bertz CT molecular complexity index is 521. The van der Waals surface area contributed by atoms with Crippen LogP contribution in [0.3, 0.4) is 0 Å². The SMILES string of the molecule is CN(C)CC[C@H](NC(=O)N1CCc2ccccc2CC1)C(C)(C)C. The molecule has 0 aromatic heterocycles. The summed E-state index contributed by atoms with van der Waals surface area (Å²) < 4.78 is 0. The zero-order valence-corrected chi connectivity index (χ0v) is 15.9. The third kappa shape index (κ3) is 5.23. The highest BCUT2D eigenvalue weighted by Gasteiger charge is 2.28. The molecule has 2 amide bonds. The van der Waals surface area contributed by atoms with Crippen LogP contribution >= 0.6 is 0 Å². The van der Waals surface area contributed by atoms with E-state index in [1.807, 2.05) is 4.90 Å². The first-order chi connectivity index (χ1) is 11.3. The van der Waals surface area contributed by atoms with Crippen molar-refractivity contribution in [1.29, 1.82) is 0 Å². The summed E-state index contributed by atoms with van der Waals surface area (Å²) in [7, 11) is 4.15. The van der Waals surface area contributed by atoms with Crippen LogP contribution in [0.25, 0.3) is 0 Å². The molecule has 0 unspecified atom stereocenters. The van der Waals surface area contributed by atoms with Crippen LogP contribution in [0.15, 0.2) is 24.3 Å². The molecule has 24 heavy (non-hydrogen) atoms. The first-order valence-electron chi connectivity index (χ1n) is 9.04. The molecular weight excluding hydrogens is 298 g/mol. The summed E-state index contributed by atoms with van der Waals surface area (Å²) in [5.74, 6) is 0. The highest BCUT2D eigenvalue weighted by Crippen LogP contribution is 2.23. The molecule has 0 radical (unpaired) electrons. The summed E-state index contributed by atoms with van der Waals surface area (Å²) >= 11 is 0. The van der Waals surface area contributed by atoms with Gasteiger partial charge in [0.1, 0.15) is 0 Å². The Morgan fingerprint density at radius 3 is 2.17 bits per heavy atom. The fourth-order valence-electron chi connectivity index (χ4n) is 3.22. The number of urea groups is 1. The quantitative estimate of drug-likeness (QED) is 0.920. The van der Waals surface area contributed by atoms with Gasteiger partial charge in [0, 0.05) is 19.1 Å². The second-order valence-electron chi connectivity index (χ2n) is 8.22. The van der Waals surface area contributed by atoms with Gasteiger partial charge in [-0.1, -0.05) is 45.0 Å². The standard InChI is InChI=1S/C20H33N3O/c1-20(2,3)18(12-13-22(4)5)21-19(24)23-14-10-16-8-6-7-9-17(16)11-15-23/h6-9,18H,10-15H2,1-5H3,(H,21,24)/t18-/m0/s1. The molecule has 1 aromatic rings. The van der Waals surface area contributed by atoms with Crippen molar-refractivity contribution >= 4 is 6.03 Å². The number of carbonyl (C=O) groups excluding carboxylic acids is 1. The molecule has 4 nitrogen and oxygen atoms in total. The van der Waals surface area contributed by atoms with Crippen LogP contribution in [0.2, 0.25) is 0 Å². The smallest absolute Gasteiger partial charge is 0.317 e. The summed E-state index contributed by atoms with van der Waals surface area (Å²) in [6, 6.07) is 8.81. The van der Waals surface area contributed by atoms with Gasteiger partial charge in [0.15, 0.2) is 0 Å².